The number of hydrogen-bond acceptors (Lipinski definition) is 4. The third-order valence-corrected chi connectivity index (χ3v) is 5.47. The number of carboxylic acid groups (broad SMARTS) is 2. The van der Waals surface area contributed by atoms with Gasteiger partial charge in [-0.2, -0.15) is 0 Å². The van der Waals surface area contributed by atoms with E-state index in [1.807, 2.05) is 0 Å². The molecule has 0 spiro atoms. The van der Waals surface area contributed by atoms with E-state index in [4.69, 9.17) is 0 Å². The van der Waals surface area contributed by atoms with E-state index < -0.39 is 11.9 Å². The van der Waals surface area contributed by atoms with Crippen LogP contribution in [0.25, 0.3) is 0 Å². The number of hydrogen-bond donors (Lipinski definition) is 0. The third kappa shape index (κ3) is 41.0. The number of carbonyl (C=O) groups is 2. The van der Waals surface area contributed by atoms with E-state index in [9.17, 15) is 19.8 Å². The maximum Gasteiger partial charge on any atom is 2.00 e. The second-order valence-corrected chi connectivity index (χ2v) is 8.61. The largest absolute Gasteiger partial charge is 2.00 e. The molecule has 0 aliphatic rings. The summed E-state index contributed by atoms with van der Waals surface area (Å²) in [6.45, 7) is 4.46. The topological polar surface area (TPSA) is 80.3 Å². The van der Waals surface area contributed by atoms with Gasteiger partial charge in [-0.3, -0.25) is 0 Å². The number of carbonyl (C=O) groups excluding carboxylic acids is 2. The summed E-state index contributed by atoms with van der Waals surface area (Å²) < 4.78 is 0. The zero-order chi connectivity index (χ0) is 22.7. The monoisotopic (exact) mass is 466 g/mol. The van der Waals surface area contributed by atoms with Gasteiger partial charge in [-0.05, 0) is 25.7 Å². The summed E-state index contributed by atoms with van der Waals surface area (Å²) in [6, 6.07) is 0. The van der Waals surface area contributed by atoms with Gasteiger partial charge in [0.15, 0.2) is 0 Å². The summed E-state index contributed by atoms with van der Waals surface area (Å²) in [5.74, 6) is -1.82. The van der Waals surface area contributed by atoms with Crippen LogP contribution in [0, 0.1) is 0 Å². The molecule has 0 bridgehead atoms. The zero-order valence-electron chi connectivity index (χ0n) is 20.9. The molecule has 0 aromatic carbocycles. The van der Waals surface area contributed by atoms with Crippen molar-refractivity contribution in [2.24, 2.45) is 0 Å². The van der Waals surface area contributed by atoms with Crippen LogP contribution in [0.3, 0.4) is 0 Å². The van der Waals surface area contributed by atoms with Crippen molar-refractivity contribution in [3.05, 3.63) is 0 Å². The van der Waals surface area contributed by atoms with Crippen molar-refractivity contribution in [3.63, 3.8) is 0 Å². The molecule has 0 rings (SSSR count). The summed E-state index contributed by atoms with van der Waals surface area (Å²) in [5, 5.41) is 20.2. The molecule has 180 valence electrons. The average Bonchev–Trinajstić information content (AvgIpc) is 2.71. The van der Waals surface area contributed by atoms with Crippen LogP contribution in [-0.4, -0.2) is 49.7 Å². The predicted molar refractivity (Wildman–Crippen MR) is 129 cm³/mol. The van der Waals surface area contributed by atoms with E-state index in [0.29, 0.717) is 0 Å². The van der Waals surface area contributed by atoms with Gasteiger partial charge in [0.1, 0.15) is 0 Å². The molecule has 0 atom stereocenters. The molecule has 0 aliphatic carbocycles. The quantitative estimate of drug-likeness (QED) is 0.151. The van der Waals surface area contributed by atoms with Crippen molar-refractivity contribution < 1.29 is 19.8 Å². The molecule has 0 unspecified atom stereocenters. The van der Waals surface area contributed by atoms with Crippen molar-refractivity contribution in [3.8, 4) is 0 Å². The van der Waals surface area contributed by atoms with Gasteiger partial charge in [0.05, 0.1) is 0 Å². The van der Waals surface area contributed by atoms with Gasteiger partial charge in [-0.15, -0.1) is 0 Å². The fourth-order valence-corrected chi connectivity index (χ4v) is 3.51. The van der Waals surface area contributed by atoms with Crippen molar-refractivity contribution >= 4 is 49.7 Å². The Morgan fingerprint density at radius 3 is 0.806 bits per heavy atom. The van der Waals surface area contributed by atoms with Crippen LogP contribution in [-0.2, 0) is 9.59 Å². The van der Waals surface area contributed by atoms with Gasteiger partial charge < -0.3 is 19.8 Å². The first-order valence-corrected chi connectivity index (χ1v) is 12.9. The molecule has 4 nitrogen and oxygen atoms in total. The normalized spacial score (nSPS) is 10.1. The molecule has 0 heterocycles. The van der Waals surface area contributed by atoms with E-state index in [1.54, 1.807) is 0 Å². The number of aliphatic carboxylic acids is 2. The predicted octanol–water partition coefficient (Wildman–Crippen LogP) is 5.71. The van der Waals surface area contributed by atoms with Crippen molar-refractivity contribution in [1.82, 2.24) is 0 Å². The van der Waals surface area contributed by atoms with E-state index in [-0.39, 0.29) is 50.6 Å². The maximum absolute atomic E-state index is 10.1. The number of rotatable bonds is 22. The Morgan fingerprint density at radius 1 is 0.419 bits per heavy atom. The molecule has 31 heavy (non-hydrogen) atoms. The van der Waals surface area contributed by atoms with Gasteiger partial charge in [0.25, 0.3) is 0 Å². The molecule has 0 radical (unpaired) electrons. The summed E-state index contributed by atoms with van der Waals surface area (Å²) in [5.41, 5.74) is 0. The fraction of sp³-hybridized carbons (Fsp3) is 0.923. The molecular formula is C26H50CaO4. The van der Waals surface area contributed by atoms with Gasteiger partial charge in [-0.1, -0.05) is 129 Å². The second-order valence-electron chi connectivity index (χ2n) is 8.61. The minimum atomic E-state index is -0.909. The molecule has 0 N–H and O–H groups in total. The van der Waals surface area contributed by atoms with Crippen LogP contribution < -0.4 is 10.2 Å². The van der Waals surface area contributed by atoms with Gasteiger partial charge >= 0.3 is 37.7 Å². The summed E-state index contributed by atoms with van der Waals surface area (Å²) in [6.07, 6.45) is 25.2. The van der Waals surface area contributed by atoms with Gasteiger partial charge in [0, 0.05) is 11.9 Å². The fourth-order valence-electron chi connectivity index (χ4n) is 3.51. The van der Waals surface area contributed by atoms with E-state index >= 15 is 0 Å². The Hall–Kier alpha value is 0.200. The smallest absolute Gasteiger partial charge is 0.550 e. The average molecular weight is 467 g/mol. The minimum Gasteiger partial charge on any atom is -0.550 e. The molecule has 0 aromatic rings. The number of unbranched alkanes of at least 4 members (excludes halogenated alkanes) is 18. The van der Waals surface area contributed by atoms with Crippen LogP contribution >= 0.6 is 0 Å². The number of carboxylic acids is 2. The summed E-state index contributed by atoms with van der Waals surface area (Å²) in [4.78, 5) is 20.2. The molecule has 0 saturated heterocycles. The van der Waals surface area contributed by atoms with E-state index in [2.05, 4.69) is 13.8 Å². The van der Waals surface area contributed by atoms with Crippen LogP contribution in [0.1, 0.15) is 155 Å². The van der Waals surface area contributed by atoms with Gasteiger partial charge in [-0.25, -0.2) is 0 Å². The molecule has 0 aromatic heterocycles. The summed E-state index contributed by atoms with van der Waals surface area (Å²) in [7, 11) is 0. The Morgan fingerprint density at radius 2 is 0.613 bits per heavy atom. The molecular weight excluding hydrogens is 416 g/mol. The Labute approximate surface area is 223 Å². The molecule has 0 aliphatic heterocycles. The Bertz CT molecular complexity index is 361. The van der Waals surface area contributed by atoms with Crippen LogP contribution in [0.4, 0.5) is 0 Å². The molecule has 0 saturated carbocycles. The Balaban J connectivity index is -0.000000494. The second kappa shape index (κ2) is 32.4. The van der Waals surface area contributed by atoms with Crippen molar-refractivity contribution in [1.29, 1.82) is 0 Å². The molecule has 5 heteroatoms. The van der Waals surface area contributed by atoms with E-state index in [0.717, 1.165) is 25.7 Å². The molecule has 0 amide bonds. The van der Waals surface area contributed by atoms with Crippen molar-refractivity contribution in [2.45, 2.75) is 155 Å². The first-order valence-electron chi connectivity index (χ1n) is 12.9. The van der Waals surface area contributed by atoms with Crippen LogP contribution in [0.15, 0.2) is 0 Å². The van der Waals surface area contributed by atoms with Crippen LogP contribution in [0.2, 0.25) is 0 Å². The summed E-state index contributed by atoms with van der Waals surface area (Å²) >= 11 is 0. The zero-order valence-corrected chi connectivity index (χ0v) is 23.1. The first-order chi connectivity index (χ1) is 14.5. The van der Waals surface area contributed by atoms with Crippen molar-refractivity contribution in [2.75, 3.05) is 0 Å². The van der Waals surface area contributed by atoms with Crippen LogP contribution in [0.5, 0.6) is 0 Å². The Kier molecular flexibility index (Phi) is 37.4. The maximum atomic E-state index is 10.1. The molecule has 0 fully saturated rings. The first kappa shape index (κ1) is 35.8. The van der Waals surface area contributed by atoms with E-state index in [1.165, 1.54) is 103 Å². The third-order valence-electron chi connectivity index (χ3n) is 5.47. The SMILES string of the molecule is CCCCCCCCCCCC(=O)[O-].CCCCCCCCCCCCCC(=O)[O-].[Ca+2]. The van der Waals surface area contributed by atoms with Gasteiger partial charge in [0.2, 0.25) is 0 Å². The minimum absolute atomic E-state index is 0. The standard InChI is InChI=1S/C14H28O2.C12H24O2.Ca/c1-2-3-4-5-6-7-8-9-10-11-12-13-14(15)16;1-2-3-4-5-6-7-8-9-10-11-12(13)14;/h2-13H2,1H3,(H,15,16);2-11H2,1H3,(H,13,14);/q;;+2/p-2.